The van der Waals surface area contributed by atoms with Crippen LogP contribution in [0.1, 0.15) is 32.4 Å². The fraction of sp³-hybridized carbons (Fsp3) is 0.440. The molecule has 1 fully saturated rings. The lowest BCUT2D eigenvalue weighted by Crippen LogP contribution is -2.55. The highest BCUT2D eigenvalue weighted by Gasteiger charge is 2.38. The number of amides is 1. The van der Waals surface area contributed by atoms with E-state index >= 15 is 0 Å². The lowest BCUT2D eigenvalue weighted by molar-refractivity contribution is -0.135. The Balaban J connectivity index is 0.00000336. The van der Waals surface area contributed by atoms with Crippen molar-refractivity contribution in [1.29, 1.82) is 0 Å². The number of nitrogens with one attached hydrogen (secondary N) is 1. The van der Waals surface area contributed by atoms with Crippen LogP contribution < -0.4 is 4.31 Å². The number of hydrogen-bond donors (Lipinski definition) is 2. The van der Waals surface area contributed by atoms with Gasteiger partial charge in [0.2, 0.25) is 0 Å². The Morgan fingerprint density at radius 1 is 1.34 bits per heavy atom. The molecule has 9 nitrogen and oxygen atoms in total. The van der Waals surface area contributed by atoms with Gasteiger partial charge in [0.1, 0.15) is 9.25 Å². The largest absolute Gasteiger partial charge is 0.465 e. The van der Waals surface area contributed by atoms with Crippen LogP contribution in [0.25, 0.3) is 10.9 Å². The molecule has 0 saturated carbocycles. The number of morpholine rings is 1. The molecule has 2 aliphatic heterocycles. The molecular formula is C25H31ClN4O5S3. The number of nitrogens with zero attached hydrogens (tertiary/aromatic N) is 3. The summed E-state index contributed by atoms with van der Waals surface area (Å²) in [5.74, 6) is 0. The Bertz CT molecular complexity index is 1440. The van der Waals surface area contributed by atoms with E-state index in [0.29, 0.717) is 29.5 Å². The summed E-state index contributed by atoms with van der Waals surface area (Å²) in [6.45, 7) is 5.32. The third-order valence-corrected chi connectivity index (χ3v) is 11.2. The number of rotatable bonds is 7. The molecule has 2 N–H and O–H groups in total. The number of carboxylic acid groups (broad SMARTS) is 1. The first kappa shape index (κ1) is 28.8. The Hall–Kier alpha value is -2.25. The van der Waals surface area contributed by atoms with E-state index in [1.807, 2.05) is 32.0 Å². The zero-order valence-corrected chi connectivity index (χ0v) is 24.6. The minimum absolute atomic E-state index is 0. The third-order valence-electron chi connectivity index (χ3n) is 6.78. The fourth-order valence-electron chi connectivity index (χ4n) is 5.00. The maximum absolute atomic E-state index is 13.1. The lowest BCUT2D eigenvalue weighted by atomic mass is 9.95. The van der Waals surface area contributed by atoms with E-state index in [1.54, 1.807) is 42.4 Å². The predicted molar refractivity (Wildman–Crippen MR) is 156 cm³/mol. The number of fused-ring (bicyclic) bond motifs is 1. The van der Waals surface area contributed by atoms with Gasteiger partial charge in [-0.15, -0.1) is 23.7 Å². The molecule has 3 aromatic rings. The molecular weight excluding hydrogens is 568 g/mol. The number of thioether (sulfide) groups is 1. The molecule has 0 bridgehead atoms. The molecule has 0 radical (unpaired) electrons. The van der Waals surface area contributed by atoms with Crippen LogP contribution in [-0.4, -0.2) is 78.2 Å². The van der Waals surface area contributed by atoms with E-state index in [0.717, 1.165) is 34.5 Å². The Kier molecular flexibility index (Phi) is 8.39. The second kappa shape index (κ2) is 11.1. The van der Waals surface area contributed by atoms with Gasteiger partial charge in [0.25, 0.3) is 10.0 Å². The van der Waals surface area contributed by atoms with Crippen molar-refractivity contribution in [1.82, 2.24) is 9.88 Å². The smallest absolute Gasteiger partial charge is 0.407 e. The Morgan fingerprint density at radius 2 is 2.13 bits per heavy atom. The maximum atomic E-state index is 13.1. The van der Waals surface area contributed by atoms with Crippen LogP contribution in [0, 0.1) is 0 Å². The number of para-hydroxylation sites is 1. The summed E-state index contributed by atoms with van der Waals surface area (Å²) in [5.41, 5.74) is 1.67. The van der Waals surface area contributed by atoms with E-state index in [9.17, 15) is 18.3 Å². The topological polar surface area (TPSA) is 115 Å². The first-order chi connectivity index (χ1) is 17.6. The molecule has 2 aliphatic rings. The van der Waals surface area contributed by atoms with Crippen molar-refractivity contribution in [2.75, 3.05) is 31.0 Å². The molecule has 5 rings (SSSR count). The zero-order valence-electron chi connectivity index (χ0n) is 21.3. The number of halogens is 1. The quantitative estimate of drug-likeness (QED) is 0.382. The number of carbonyl (C=O) groups is 1. The minimum atomic E-state index is -3.65. The third kappa shape index (κ3) is 5.69. The number of aliphatic imine (C=N–C) groups is 1. The van der Waals surface area contributed by atoms with E-state index in [4.69, 9.17) is 9.73 Å². The molecule has 1 amide bonds. The molecule has 0 aliphatic carbocycles. The van der Waals surface area contributed by atoms with Crippen LogP contribution in [0.3, 0.4) is 0 Å². The Morgan fingerprint density at radius 3 is 2.84 bits per heavy atom. The highest BCUT2D eigenvalue weighted by atomic mass is 35.5. The second-order valence-electron chi connectivity index (χ2n) is 9.79. The summed E-state index contributed by atoms with van der Waals surface area (Å²) < 4.78 is 34.0. The van der Waals surface area contributed by atoms with Crippen molar-refractivity contribution < 1.29 is 23.1 Å². The number of benzene rings is 1. The molecule has 0 spiro atoms. The fourth-order valence-corrected chi connectivity index (χ4v) is 8.45. The van der Waals surface area contributed by atoms with Crippen LogP contribution in [0.2, 0.25) is 0 Å². The number of sulfonamides is 1. The van der Waals surface area contributed by atoms with E-state index < -0.39 is 21.7 Å². The van der Waals surface area contributed by atoms with E-state index in [2.05, 4.69) is 4.98 Å². The number of aromatic nitrogens is 1. The lowest BCUT2D eigenvalue weighted by Gasteiger charge is -2.43. The SMILES string of the molecule is C[C@H]1CN(C(=O)O)C[C@@](C)(CCC2CN=C(c3cc4cccc(N(C)S(=O)(=O)c5cccs5)c4[nH]3)S2)O1.Cl. The van der Waals surface area contributed by atoms with Crippen LogP contribution in [0.5, 0.6) is 0 Å². The van der Waals surface area contributed by atoms with Crippen molar-refractivity contribution in [2.45, 2.75) is 47.9 Å². The van der Waals surface area contributed by atoms with Crippen molar-refractivity contribution in [3.63, 3.8) is 0 Å². The number of hydrogen-bond acceptors (Lipinski definition) is 7. The molecule has 38 heavy (non-hydrogen) atoms. The van der Waals surface area contributed by atoms with Gasteiger partial charge >= 0.3 is 6.09 Å². The minimum Gasteiger partial charge on any atom is -0.465 e. The zero-order chi connectivity index (χ0) is 26.4. The van der Waals surface area contributed by atoms with Gasteiger partial charge < -0.3 is 19.7 Å². The van der Waals surface area contributed by atoms with Gasteiger partial charge in [-0.05, 0) is 50.3 Å². The number of aromatic amines is 1. The first-order valence-electron chi connectivity index (χ1n) is 12.1. The second-order valence-corrected chi connectivity index (χ2v) is 14.2. The molecule has 2 aromatic heterocycles. The summed E-state index contributed by atoms with van der Waals surface area (Å²) in [6, 6.07) is 11.0. The van der Waals surface area contributed by atoms with Crippen molar-refractivity contribution in [3.05, 3.63) is 47.5 Å². The summed E-state index contributed by atoms with van der Waals surface area (Å²) >= 11 is 2.89. The van der Waals surface area contributed by atoms with Gasteiger partial charge in [0, 0.05) is 17.7 Å². The van der Waals surface area contributed by atoms with Crippen molar-refractivity contribution in [2.24, 2.45) is 4.99 Å². The molecule has 1 unspecified atom stereocenters. The van der Waals surface area contributed by atoms with E-state index in [1.165, 1.54) is 20.5 Å². The molecule has 13 heteroatoms. The van der Waals surface area contributed by atoms with Gasteiger partial charge in [-0.1, -0.05) is 30.0 Å². The van der Waals surface area contributed by atoms with Gasteiger partial charge in [0.05, 0.1) is 48.2 Å². The Labute approximate surface area is 236 Å². The average Bonchev–Trinajstić information content (AvgIpc) is 3.62. The number of anilines is 1. The maximum Gasteiger partial charge on any atom is 0.407 e. The molecule has 1 aromatic carbocycles. The van der Waals surface area contributed by atoms with Crippen molar-refractivity contribution >= 4 is 73.3 Å². The number of H-pyrrole nitrogens is 1. The van der Waals surface area contributed by atoms with Gasteiger partial charge in [0.15, 0.2) is 0 Å². The molecule has 3 atom stereocenters. The molecule has 1 saturated heterocycles. The van der Waals surface area contributed by atoms with Crippen LogP contribution in [-0.2, 0) is 14.8 Å². The highest BCUT2D eigenvalue weighted by molar-refractivity contribution is 8.15. The van der Waals surface area contributed by atoms with Crippen LogP contribution in [0.15, 0.2) is 51.0 Å². The van der Waals surface area contributed by atoms with E-state index in [-0.39, 0.29) is 23.8 Å². The standard InChI is InChI=1S/C25H30N4O5S3.ClH/c1-16-14-29(24(30)31)15-25(2,34-16)10-9-18-13-26-23(36-18)19-12-17-6-4-7-20(22(17)27-19)28(3)37(32,33)21-8-5-11-35-21;/h4-8,11-12,16,18,27H,9-10,13-15H2,1-3H3,(H,30,31);1H/t16-,18?,25+;/m0./s1. The summed E-state index contributed by atoms with van der Waals surface area (Å²) in [4.78, 5) is 21.1. The molecule has 206 valence electrons. The van der Waals surface area contributed by atoms with Gasteiger partial charge in [-0.25, -0.2) is 13.2 Å². The van der Waals surface area contributed by atoms with Crippen LogP contribution >= 0.6 is 35.5 Å². The first-order valence-corrected chi connectivity index (χ1v) is 15.3. The van der Waals surface area contributed by atoms with Gasteiger partial charge in [-0.2, -0.15) is 0 Å². The summed E-state index contributed by atoms with van der Waals surface area (Å²) in [6.07, 6.45) is 0.542. The predicted octanol–water partition coefficient (Wildman–Crippen LogP) is 5.28. The average molecular weight is 599 g/mol. The monoisotopic (exact) mass is 598 g/mol. The molecule has 4 heterocycles. The summed E-state index contributed by atoms with van der Waals surface area (Å²) in [5, 5.41) is 13.3. The van der Waals surface area contributed by atoms with Gasteiger partial charge in [-0.3, -0.25) is 9.30 Å². The summed E-state index contributed by atoms with van der Waals surface area (Å²) in [7, 11) is -2.08. The highest BCUT2D eigenvalue weighted by Crippen LogP contribution is 2.36. The number of ether oxygens (including phenoxy) is 1. The normalized spacial score (nSPS) is 23.8. The van der Waals surface area contributed by atoms with Crippen LogP contribution in [0.4, 0.5) is 10.5 Å². The number of thiophene rings is 1. The van der Waals surface area contributed by atoms with Crippen molar-refractivity contribution in [3.8, 4) is 0 Å².